The summed E-state index contributed by atoms with van der Waals surface area (Å²) < 4.78 is 10.8. The van der Waals surface area contributed by atoms with E-state index in [1.54, 1.807) is 11.3 Å². The van der Waals surface area contributed by atoms with Crippen molar-refractivity contribution in [1.29, 1.82) is 0 Å². The van der Waals surface area contributed by atoms with E-state index in [1.807, 2.05) is 41.8 Å². The Balaban J connectivity index is 1.79. The molecule has 2 aromatic heterocycles. The zero-order chi connectivity index (χ0) is 13.8. The van der Waals surface area contributed by atoms with Crippen LogP contribution in [-0.2, 0) is 0 Å². The van der Waals surface area contributed by atoms with Crippen molar-refractivity contribution < 1.29 is 9.26 Å². The van der Waals surface area contributed by atoms with Crippen LogP contribution in [0.2, 0.25) is 0 Å². The summed E-state index contributed by atoms with van der Waals surface area (Å²) in [5, 5.41) is 6.00. The molecular formula is C15H14N2O2S. The number of hydrogen-bond donors (Lipinski definition) is 0. The van der Waals surface area contributed by atoms with Crippen molar-refractivity contribution >= 4 is 11.3 Å². The van der Waals surface area contributed by atoms with Gasteiger partial charge in [0.1, 0.15) is 5.75 Å². The topological polar surface area (TPSA) is 48.2 Å². The molecule has 0 bridgehead atoms. The molecule has 20 heavy (non-hydrogen) atoms. The summed E-state index contributed by atoms with van der Waals surface area (Å²) in [6, 6.07) is 11.6. The van der Waals surface area contributed by atoms with E-state index in [4.69, 9.17) is 9.26 Å². The summed E-state index contributed by atoms with van der Waals surface area (Å²) >= 11 is 1.58. The van der Waals surface area contributed by atoms with Gasteiger partial charge in [-0.05, 0) is 42.1 Å². The number of hydrogen-bond acceptors (Lipinski definition) is 5. The first-order valence-electron chi connectivity index (χ1n) is 6.47. The second-order valence-electron chi connectivity index (χ2n) is 4.27. The Kier molecular flexibility index (Phi) is 3.78. The normalized spacial score (nSPS) is 10.7. The van der Waals surface area contributed by atoms with Crippen molar-refractivity contribution in [2.75, 3.05) is 6.61 Å². The molecule has 0 atom stereocenters. The predicted molar refractivity (Wildman–Crippen MR) is 78.8 cm³/mol. The van der Waals surface area contributed by atoms with Gasteiger partial charge in [0.15, 0.2) is 0 Å². The van der Waals surface area contributed by atoms with E-state index in [-0.39, 0.29) is 0 Å². The molecule has 0 unspecified atom stereocenters. The third kappa shape index (κ3) is 2.72. The molecule has 0 radical (unpaired) electrons. The highest BCUT2D eigenvalue weighted by molar-refractivity contribution is 7.13. The molecule has 0 fully saturated rings. The van der Waals surface area contributed by atoms with Crippen molar-refractivity contribution in [2.24, 2.45) is 0 Å². The van der Waals surface area contributed by atoms with Crippen molar-refractivity contribution in [2.45, 2.75) is 13.3 Å². The molecule has 102 valence electrons. The van der Waals surface area contributed by atoms with Crippen LogP contribution >= 0.6 is 11.3 Å². The fourth-order valence-electron chi connectivity index (χ4n) is 1.76. The Labute approximate surface area is 121 Å². The summed E-state index contributed by atoms with van der Waals surface area (Å²) in [7, 11) is 0. The van der Waals surface area contributed by atoms with Crippen molar-refractivity contribution in [1.82, 2.24) is 10.1 Å². The molecular weight excluding hydrogens is 272 g/mol. The average Bonchev–Trinajstić information content (AvgIpc) is 3.16. The smallest absolute Gasteiger partial charge is 0.268 e. The third-order valence-electron chi connectivity index (χ3n) is 2.74. The minimum atomic E-state index is 0.557. The average molecular weight is 286 g/mol. The van der Waals surface area contributed by atoms with E-state index in [2.05, 4.69) is 17.1 Å². The first-order valence-corrected chi connectivity index (χ1v) is 7.35. The van der Waals surface area contributed by atoms with Crippen LogP contribution in [0.1, 0.15) is 13.3 Å². The van der Waals surface area contributed by atoms with E-state index in [0.717, 1.165) is 29.2 Å². The van der Waals surface area contributed by atoms with Crippen LogP contribution in [0.25, 0.3) is 22.2 Å². The minimum Gasteiger partial charge on any atom is -0.494 e. The highest BCUT2D eigenvalue weighted by atomic mass is 32.1. The van der Waals surface area contributed by atoms with Gasteiger partial charge in [0.25, 0.3) is 5.89 Å². The van der Waals surface area contributed by atoms with E-state index < -0.39 is 0 Å². The molecule has 3 rings (SSSR count). The lowest BCUT2D eigenvalue weighted by molar-refractivity contribution is 0.317. The van der Waals surface area contributed by atoms with Gasteiger partial charge in [-0.1, -0.05) is 18.1 Å². The van der Waals surface area contributed by atoms with Gasteiger partial charge in [0.2, 0.25) is 5.82 Å². The number of rotatable bonds is 5. The number of aromatic nitrogens is 2. The third-order valence-corrected chi connectivity index (χ3v) is 3.60. The molecule has 2 heterocycles. The zero-order valence-corrected chi connectivity index (χ0v) is 11.9. The molecule has 4 nitrogen and oxygen atoms in total. The van der Waals surface area contributed by atoms with E-state index in [9.17, 15) is 0 Å². The van der Waals surface area contributed by atoms with Crippen LogP contribution in [0.4, 0.5) is 0 Å². The predicted octanol–water partition coefficient (Wildman–Crippen LogP) is 4.25. The van der Waals surface area contributed by atoms with Gasteiger partial charge < -0.3 is 9.26 Å². The van der Waals surface area contributed by atoms with Gasteiger partial charge in [-0.3, -0.25) is 0 Å². The van der Waals surface area contributed by atoms with Crippen LogP contribution in [0.15, 0.2) is 46.3 Å². The van der Waals surface area contributed by atoms with Crippen LogP contribution in [0, 0.1) is 0 Å². The van der Waals surface area contributed by atoms with E-state index in [1.165, 1.54) is 0 Å². The van der Waals surface area contributed by atoms with E-state index >= 15 is 0 Å². The molecule has 1 aromatic carbocycles. The second-order valence-corrected chi connectivity index (χ2v) is 5.22. The molecule has 0 aliphatic carbocycles. The van der Waals surface area contributed by atoms with Gasteiger partial charge in [-0.15, -0.1) is 11.3 Å². The Hall–Kier alpha value is -2.14. The fraction of sp³-hybridized carbons (Fsp3) is 0.200. The van der Waals surface area contributed by atoms with E-state index in [0.29, 0.717) is 11.7 Å². The van der Waals surface area contributed by atoms with Gasteiger partial charge in [0.05, 0.1) is 11.5 Å². The SMILES string of the molecule is CCCOc1ccc(-c2noc(-c3cccs3)n2)cc1. The maximum atomic E-state index is 5.55. The summed E-state index contributed by atoms with van der Waals surface area (Å²) in [6.07, 6.45) is 0.997. The first kappa shape index (κ1) is 12.9. The number of benzene rings is 1. The summed E-state index contributed by atoms with van der Waals surface area (Å²) in [5.41, 5.74) is 0.917. The Morgan fingerprint density at radius 1 is 1.20 bits per heavy atom. The maximum Gasteiger partial charge on any atom is 0.268 e. The number of ether oxygens (including phenoxy) is 1. The quantitative estimate of drug-likeness (QED) is 0.703. The van der Waals surface area contributed by atoms with Gasteiger partial charge in [-0.25, -0.2) is 0 Å². The van der Waals surface area contributed by atoms with Crippen molar-refractivity contribution in [3.8, 4) is 27.9 Å². The molecule has 0 aliphatic rings. The monoisotopic (exact) mass is 286 g/mol. The van der Waals surface area contributed by atoms with Crippen LogP contribution in [-0.4, -0.2) is 16.7 Å². The van der Waals surface area contributed by atoms with Gasteiger partial charge in [0, 0.05) is 5.56 Å². The summed E-state index contributed by atoms with van der Waals surface area (Å²) in [4.78, 5) is 5.38. The largest absolute Gasteiger partial charge is 0.494 e. The molecule has 0 spiro atoms. The standard InChI is InChI=1S/C15H14N2O2S/c1-2-9-18-12-7-5-11(6-8-12)14-16-15(19-17-14)13-4-3-10-20-13/h3-8,10H,2,9H2,1H3. The molecule has 0 amide bonds. The van der Waals surface area contributed by atoms with Crippen molar-refractivity contribution in [3.63, 3.8) is 0 Å². The molecule has 0 saturated carbocycles. The Morgan fingerprint density at radius 3 is 2.75 bits per heavy atom. The van der Waals surface area contributed by atoms with Crippen LogP contribution < -0.4 is 4.74 Å². The fourth-order valence-corrected chi connectivity index (χ4v) is 2.41. The molecule has 5 heteroatoms. The van der Waals surface area contributed by atoms with Crippen LogP contribution in [0.5, 0.6) is 5.75 Å². The summed E-state index contributed by atoms with van der Waals surface area (Å²) in [5.74, 6) is 2.01. The minimum absolute atomic E-state index is 0.557. The summed E-state index contributed by atoms with van der Waals surface area (Å²) in [6.45, 7) is 2.81. The van der Waals surface area contributed by atoms with Crippen molar-refractivity contribution in [3.05, 3.63) is 41.8 Å². The van der Waals surface area contributed by atoms with Gasteiger partial charge >= 0.3 is 0 Å². The Morgan fingerprint density at radius 2 is 2.05 bits per heavy atom. The van der Waals surface area contributed by atoms with Crippen LogP contribution in [0.3, 0.4) is 0 Å². The molecule has 0 N–H and O–H groups in total. The highest BCUT2D eigenvalue weighted by Crippen LogP contribution is 2.26. The lowest BCUT2D eigenvalue weighted by Gasteiger charge is -2.03. The maximum absolute atomic E-state index is 5.55. The molecule has 3 aromatic rings. The molecule has 0 aliphatic heterocycles. The Bertz CT molecular complexity index is 660. The second kappa shape index (κ2) is 5.88. The lowest BCUT2D eigenvalue weighted by Crippen LogP contribution is -1.94. The first-order chi connectivity index (χ1) is 9.86. The lowest BCUT2D eigenvalue weighted by atomic mass is 10.2. The molecule has 0 saturated heterocycles. The number of nitrogens with zero attached hydrogens (tertiary/aromatic N) is 2. The van der Waals surface area contributed by atoms with Gasteiger partial charge in [-0.2, -0.15) is 4.98 Å². The number of thiophene rings is 1. The highest BCUT2D eigenvalue weighted by Gasteiger charge is 2.11. The zero-order valence-electron chi connectivity index (χ0n) is 11.1.